The fourth-order valence-electron chi connectivity index (χ4n) is 1.15. The number of carbonyl (C=O) groups is 1. The van der Waals surface area contributed by atoms with Crippen molar-refractivity contribution >= 4 is 11.6 Å². The lowest BCUT2D eigenvalue weighted by atomic mass is 10.2. The number of amides is 1. The third kappa shape index (κ3) is 4.04. The predicted molar refractivity (Wildman–Crippen MR) is 61.7 cm³/mol. The Labute approximate surface area is 97.7 Å². The first kappa shape index (κ1) is 12.9. The van der Waals surface area contributed by atoms with Crippen molar-refractivity contribution < 1.29 is 14.8 Å². The molecule has 0 aliphatic carbocycles. The molecule has 2 N–H and O–H groups in total. The first-order valence-electron chi connectivity index (χ1n) is 4.93. The number of aliphatic hydroxyl groups excluding tert-OH is 1. The Morgan fingerprint density at radius 2 is 2.00 bits per heavy atom. The van der Waals surface area contributed by atoms with Gasteiger partial charge in [-0.3, -0.25) is 14.9 Å². The highest BCUT2D eigenvalue weighted by Crippen LogP contribution is 2.11. The van der Waals surface area contributed by atoms with Crippen LogP contribution in [0.3, 0.4) is 0 Å². The Balaban J connectivity index is 2.57. The summed E-state index contributed by atoms with van der Waals surface area (Å²) < 4.78 is 0. The van der Waals surface area contributed by atoms with Crippen LogP contribution in [-0.4, -0.2) is 29.1 Å². The maximum atomic E-state index is 11.5. The van der Waals surface area contributed by atoms with Crippen LogP contribution in [0.15, 0.2) is 36.4 Å². The van der Waals surface area contributed by atoms with Gasteiger partial charge < -0.3 is 10.4 Å². The number of benzene rings is 1. The van der Waals surface area contributed by atoms with E-state index in [2.05, 4.69) is 5.32 Å². The van der Waals surface area contributed by atoms with E-state index in [9.17, 15) is 14.9 Å². The van der Waals surface area contributed by atoms with Crippen molar-refractivity contribution in [2.75, 3.05) is 13.2 Å². The van der Waals surface area contributed by atoms with Crippen LogP contribution in [0.25, 0.3) is 0 Å². The Hall–Kier alpha value is -2.21. The van der Waals surface area contributed by atoms with Gasteiger partial charge in [0.25, 0.3) is 11.6 Å². The molecule has 0 fully saturated rings. The van der Waals surface area contributed by atoms with E-state index in [0.29, 0.717) is 12.1 Å². The SMILES string of the molecule is O=C(NCC=CCO)c1ccc([N+](=O)[O-])cc1. The van der Waals surface area contributed by atoms with Gasteiger partial charge in [0, 0.05) is 24.2 Å². The average molecular weight is 236 g/mol. The highest BCUT2D eigenvalue weighted by atomic mass is 16.6. The average Bonchev–Trinajstić information content (AvgIpc) is 2.34. The van der Waals surface area contributed by atoms with Gasteiger partial charge in [0.1, 0.15) is 0 Å². The zero-order chi connectivity index (χ0) is 12.7. The smallest absolute Gasteiger partial charge is 0.269 e. The molecule has 0 aliphatic heterocycles. The van der Waals surface area contributed by atoms with E-state index in [4.69, 9.17) is 5.11 Å². The summed E-state index contributed by atoms with van der Waals surface area (Å²) in [6, 6.07) is 5.34. The first-order valence-corrected chi connectivity index (χ1v) is 4.93. The van der Waals surface area contributed by atoms with Crippen molar-refractivity contribution in [2.24, 2.45) is 0 Å². The van der Waals surface area contributed by atoms with Crippen LogP contribution in [0.4, 0.5) is 5.69 Å². The van der Waals surface area contributed by atoms with E-state index in [0.717, 1.165) is 0 Å². The second-order valence-corrected chi connectivity index (χ2v) is 3.17. The molecule has 17 heavy (non-hydrogen) atoms. The number of non-ortho nitro benzene ring substituents is 1. The summed E-state index contributed by atoms with van der Waals surface area (Å²) in [5.41, 5.74) is 0.301. The molecule has 0 unspecified atom stereocenters. The molecule has 1 rings (SSSR count). The topological polar surface area (TPSA) is 92.5 Å². The standard InChI is InChI=1S/C11H12N2O4/c14-8-2-1-7-12-11(15)9-3-5-10(6-4-9)13(16)17/h1-6,14H,7-8H2,(H,12,15). The van der Waals surface area contributed by atoms with Crippen LogP contribution >= 0.6 is 0 Å². The molecule has 0 bridgehead atoms. The largest absolute Gasteiger partial charge is 0.392 e. The minimum Gasteiger partial charge on any atom is -0.392 e. The molecular formula is C11H12N2O4. The van der Waals surface area contributed by atoms with Gasteiger partial charge in [-0.15, -0.1) is 0 Å². The van der Waals surface area contributed by atoms with Gasteiger partial charge in [-0.25, -0.2) is 0 Å². The molecule has 0 radical (unpaired) electrons. The van der Waals surface area contributed by atoms with Crippen molar-refractivity contribution in [3.05, 3.63) is 52.1 Å². The van der Waals surface area contributed by atoms with Crippen molar-refractivity contribution in [1.29, 1.82) is 0 Å². The fraction of sp³-hybridized carbons (Fsp3) is 0.182. The van der Waals surface area contributed by atoms with E-state index >= 15 is 0 Å². The van der Waals surface area contributed by atoms with Crippen LogP contribution in [0.1, 0.15) is 10.4 Å². The number of hydrogen-bond acceptors (Lipinski definition) is 4. The highest BCUT2D eigenvalue weighted by molar-refractivity contribution is 5.94. The summed E-state index contributed by atoms with van der Waals surface area (Å²) in [5.74, 6) is -0.317. The summed E-state index contributed by atoms with van der Waals surface area (Å²) in [7, 11) is 0. The monoisotopic (exact) mass is 236 g/mol. The lowest BCUT2D eigenvalue weighted by Gasteiger charge is -2.01. The molecule has 90 valence electrons. The molecule has 0 aromatic heterocycles. The summed E-state index contributed by atoms with van der Waals surface area (Å²) >= 11 is 0. The van der Waals surface area contributed by atoms with Crippen molar-refractivity contribution in [3.63, 3.8) is 0 Å². The number of nitrogens with zero attached hydrogens (tertiary/aromatic N) is 1. The molecule has 1 aromatic rings. The molecule has 6 heteroatoms. The van der Waals surface area contributed by atoms with Crippen LogP contribution in [0, 0.1) is 10.1 Å². The number of rotatable bonds is 5. The van der Waals surface area contributed by atoms with E-state index < -0.39 is 4.92 Å². The molecule has 0 atom stereocenters. The molecule has 0 saturated heterocycles. The quantitative estimate of drug-likeness (QED) is 0.450. The van der Waals surface area contributed by atoms with Crippen LogP contribution in [0.5, 0.6) is 0 Å². The molecule has 6 nitrogen and oxygen atoms in total. The first-order chi connectivity index (χ1) is 8.15. The molecule has 0 spiro atoms. The second kappa shape index (κ2) is 6.39. The van der Waals surface area contributed by atoms with Gasteiger partial charge in [0.05, 0.1) is 11.5 Å². The predicted octanol–water partition coefficient (Wildman–Crippen LogP) is 0.873. The molecule has 1 aromatic carbocycles. The van der Waals surface area contributed by atoms with E-state index in [1.807, 2.05) is 0 Å². The van der Waals surface area contributed by atoms with Gasteiger partial charge in [-0.2, -0.15) is 0 Å². The molecule has 0 saturated carbocycles. The zero-order valence-electron chi connectivity index (χ0n) is 9.00. The maximum Gasteiger partial charge on any atom is 0.269 e. The van der Waals surface area contributed by atoms with E-state index in [1.165, 1.54) is 30.3 Å². The van der Waals surface area contributed by atoms with Gasteiger partial charge in [-0.05, 0) is 12.1 Å². The maximum absolute atomic E-state index is 11.5. The zero-order valence-corrected chi connectivity index (χ0v) is 9.00. The van der Waals surface area contributed by atoms with E-state index in [1.54, 1.807) is 6.08 Å². The number of carbonyl (C=O) groups excluding carboxylic acids is 1. The van der Waals surface area contributed by atoms with Crippen LogP contribution in [-0.2, 0) is 0 Å². The number of nitrogens with one attached hydrogen (secondary N) is 1. The second-order valence-electron chi connectivity index (χ2n) is 3.17. The number of nitro benzene ring substituents is 1. The third-order valence-corrected chi connectivity index (χ3v) is 1.99. The minimum absolute atomic E-state index is 0.0540. The van der Waals surface area contributed by atoms with E-state index in [-0.39, 0.29) is 18.2 Å². The van der Waals surface area contributed by atoms with Crippen molar-refractivity contribution in [1.82, 2.24) is 5.32 Å². The van der Waals surface area contributed by atoms with Gasteiger partial charge in [0.2, 0.25) is 0 Å². The normalized spacial score (nSPS) is 10.4. The summed E-state index contributed by atoms with van der Waals surface area (Å²) in [5, 5.41) is 21.4. The fourth-order valence-corrected chi connectivity index (χ4v) is 1.15. The number of aliphatic hydroxyl groups is 1. The minimum atomic E-state index is -0.522. The van der Waals surface area contributed by atoms with Crippen LogP contribution in [0.2, 0.25) is 0 Å². The summed E-state index contributed by atoms with van der Waals surface area (Å²) in [6.07, 6.45) is 3.12. The molecule has 0 aliphatic rings. The van der Waals surface area contributed by atoms with Gasteiger partial charge in [-0.1, -0.05) is 12.2 Å². The Morgan fingerprint density at radius 1 is 1.35 bits per heavy atom. The van der Waals surface area contributed by atoms with Crippen LogP contribution < -0.4 is 5.32 Å². The lowest BCUT2D eigenvalue weighted by Crippen LogP contribution is -2.23. The molecule has 1 amide bonds. The Morgan fingerprint density at radius 3 is 2.53 bits per heavy atom. The lowest BCUT2D eigenvalue weighted by molar-refractivity contribution is -0.384. The van der Waals surface area contributed by atoms with Gasteiger partial charge in [0.15, 0.2) is 0 Å². The highest BCUT2D eigenvalue weighted by Gasteiger charge is 2.08. The number of nitro groups is 1. The summed E-state index contributed by atoms with van der Waals surface area (Å²) in [6.45, 7) is 0.226. The molecule has 0 heterocycles. The molecular weight excluding hydrogens is 224 g/mol. The third-order valence-electron chi connectivity index (χ3n) is 1.99. The Kier molecular flexibility index (Phi) is 4.83. The van der Waals surface area contributed by atoms with Crippen molar-refractivity contribution in [3.8, 4) is 0 Å². The van der Waals surface area contributed by atoms with Gasteiger partial charge >= 0.3 is 0 Å². The Bertz CT molecular complexity index is 426. The summed E-state index contributed by atoms with van der Waals surface area (Å²) in [4.78, 5) is 21.4. The van der Waals surface area contributed by atoms with Crippen molar-refractivity contribution in [2.45, 2.75) is 0 Å². The number of hydrogen-bond donors (Lipinski definition) is 2.